The Balaban J connectivity index is 1.59. The first kappa shape index (κ1) is 16.2. The van der Waals surface area contributed by atoms with Crippen LogP contribution in [0.3, 0.4) is 0 Å². The highest BCUT2D eigenvalue weighted by Gasteiger charge is 2.28. The predicted octanol–water partition coefficient (Wildman–Crippen LogP) is 3.21. The highest BCUT2D eigenvalue weighted by atomic mass is 16.5. The second-order valence-electron chi connectivity index (χ2n) is 6.10. The summed E-state index contributed by atoms with van der Waals surface area (Å²) < 4.78 is 5.79. The molecule has 1 aromatic heterocycles. The third-order valence-corrected chi connectivity index (χ3v) is 4.36. The summed E-state index contributed by atoms with van der Waals surface area (Å²) in [6.45, 7) is 0. The van der Waals surface area contributed by atoms with Crippen LogP contribution in [0.2, 0.25) is 0 Å². The number of aliphatic carboxylic acids is 1. The van der Waals surface area contributed by atoms with Crippen LogP contribution in [0.4, 0.5) is 5.69 Å². The summed E-state index contributed by atoms with van der Waals surface area (Å²) in [4.78, 5) is 19.3. The van der Waals surface area contributed by atoms with Crippen LogP contribution in [-0.4, -0.2) is 34.2 Å². The highest BCUT2D eigenvalue weighted by molar-refractivity contribution is 5.67. The maximum absolute atomic E-state index is 10.8. The molecule has 1 aromatic carbocycles. The van der Waals surface area contributed by atoms with Crippen molar-refractivity contribution < 1.29 is 14.6 Å². The van der Waals surface area contributed by atoms with Gasteiger partial charge in [-0.25, -0.2) is 9.97 Å². The number of carbonyl (C=O) groups is 1. The normalized spacial score (nSPS) is 19.9. The highest BCUT2D eigenvalue weighted by Crippen LogP contribution is 2.30. The minimum atomic E-state index is -0.745. The number of anilines is 1. The Hall–Kier alpha value is -2.63. The fourth-order valence-corrected chi connectivity index (χ4v) is 3.07. The number of ether oxygens (including phenoxy) is 1. The molecule has 2 atom stereocenters. The second kappa shape index (κ2) is 7.29. The summed E-state index contributed by atoms with van der Waals surface area (Å²) in [5.74, 6) is -0.553. The fourth-order valence-electron chi connectivity index (χ4n) is 3.07. The first-order chi connectivity index (χ1) is 11.6. The van der Waals surface area contributed by atoms with Gasteiger partial charge in [0.25, 0.3) is 0 Å². The van der Waals surface area contributed by atoms with Crippen molar-refractivity contribution in [2.45, 2.75) is 31.8 Å². The molecule has 0 saturated heterocycles. The van der Waals surface area contributed by atoms with Gasteiger partial charge in [0.1, 0.15) is 6.10 Å². The summed E-state index contributed by atoms with van der Waals surface area (Å²) >= 11 is 0. The van der Waals surface area contributed by atoms with Gasteiger partial charge >= 0.3 is 12.0 Å². The van der Waals surface area contributed by atoms with Crippen molar-refractivity contribution in [2.75, 3.05) is 12.4 Å². The van der Waals surface area contributed by atoms with E-state index in [2.05, 4.69) is 15.3 Å². The van der Waals surface area contributed by atoms with Crippen molar-refractivity contribution in [1.82, 2.24) is 9.97 Å². The Morgan fingerprint density at radius 3 is 2.54 bits per heavy atom. The van der Waals surface area contributed by atoms with Crippen molar-refractivity contribution in [3.05, 3.63) is 36.7 Å². The van der Waals surface area contributed by atoms with Crippen LogP contribution >= 0.6 is 0 Å². The summed E-state index contributed by atoms with van der Waals surface area (Å²) in [6, 6.07) is 8.38. The average Bonchev–Trinajstić information content (AvgIpc) is 3.02. The molecule has 3 rings (SSSR count). The van der Waals surface area contributed by atoms with Crippen LogP contribution in [0.25, 0.3) is 11.1 Å². The number of nitrogens with zero attached hydrogens (tertiary/aromatic N) is 2. The molecular weight excluding hydrogens is 306 g/mol. The number of nitrogens with one attached hydrogen (secondary N) is 1. The smallest absolute Gasteiger partial charge is 0.316 e. The molecule has 6 nitrogen and oxygen atoms in total. The SMILES string of the molecule is CNc1ccc(-c2cnc(O[C@@H]3CC[C@H](CC(=O)O)C3)nc2)cc1. The first-order valence-corrected chi connectivity index (χ1v) is 8.12. The quantitative estimate of drug-likeness (QED) is 0.847. The summed E-state index contributed by atoms with van der Waals surface area (Å²) in [5.41, 5.74) is 3.03. The fraction of sp³-hybridized carbons (Fsp3) is 0.389. The largest absolute Gasteiger partial charge is 0.481 e. The lowest BCUT2D eigenvalue weighted by Gasteiger charge is -2.12. The monoisotopic (exact) mass is 327 g/mol. The lowest BCUT2D eigenvalue weighted by Crippen LogP contribution is -2.14. The zero-order valence-corrected chi connectivity index (χ0v) is 13.6. The van der Waals surface area contributed by atoms with E-state index >= 15 is 0 Å². The maximum Gasteiger partial charge on any atom is 0.316 e. The molecule has 0 spiro atoms. The first-order valence-electron chi connectivity index (χ1n) is 8.12. The van der Waals surface area contributed by atoms with Gasteiger partial charge in [0.15, 0.2) is 0 Å². The molecule has 6 heteroatoms. The van der Waals surface area contributed by atoms with E-state index in [0.717, 1.165) is 36.1 Å². The van der Waals surface area contributed by atoms with E-state index in [4.69, 9.17) is 9.84 Å². The summed E-state index contributed by atoms with van der Waals surface area (Å²) in [6.07, 6.45) is 6.21. The molecule has 1 aliphatic carbocycles. The van der Waals surface area contributed by atoms with Gasteiger partial charge in [0.05, 0.1) is 0 Å². The van der Waals surface area contributed by atoms with E-state index < -0.39 is 5.97 Å². The Morgan fingerprint density at radius 2 is 1.92 bits per heavy atom. The number of rotatable bonds is 6. The second-order valence-corrected chi connectivity index (χ2v) is 6.10. The zero-order valence-electron chi connectivity index (χ0n) is 13.6. The molecule has 0 radical (unpaired) electrons. The Bertz CT molecular complexity index is 686. The van der Waals surface area contributed by atoms with Crippen LogP contribution in [0.15, 0.2) is 36.7 Å². The summed E-state index contributed by atoms with van der Waals surface area (Å²) in [7, 11) is 1.88. The van der Waals surface area contributed by atoms with Gasteiger partial charge in [-0.05, 0) is 42.9 Å². The summed E-state index contributed by atoms with van der Waals surface area (Å²) in [5, 5.41) is 11.9. The van der Waals surface area contributed by atoms with Crippen molar-refractivity contribution in [3.8, 4) is 17.1 Å². The number of carboxylic acid groups (broad SMARTS) is 1. The van der Waals surface area contributed by atoms with Crippen molar-refractivity contribution in [2.24, 2.45) is 5.92 Å². The van der Waals surface area contributed by atoms with Gasteiger partial charge in [-0.2, -0.15) is 0 Å². The molecule has 1 heterocycles. The third kappa shape index (κ3) is 4.01. The third-order valence-electron chi connectivity index (χ3n) is 4.36. The van der Waals surface area contributed by atoms with Crippen LogP contribution < -0.4 is 10.1 Å². The molecular formula is C18H21N3O3. The molecule has 0 bridgehead atoms. The standard InChI is InChI=1S/C18H21N3O3/c1-19-15-5-3-13(4-6-15)14-10-20-18(21-11-14)24-16-7-2-12(8-16)9-17(22)23/h3-6,10-12,16,19H,2,7-9H2,1H3,(H,22,23)/t12-,16+/m0/s1. The number of hydrogen-bond donors (Lipinski definition) is 2. The number of benzene rings is 1. The molecule has 0 aliphatic heterocycles. The predicted molar refractivity (Wildman–Crippen MR) is 91.0 cm³/mol. The molecule has 24 heavy (non-hydrogen) atoms. The van der Waals surface area contributed by atoms with Crippen molar-refractivity contribution in [3.63, 3.8) is 0 Å². The number of hydrogen-bond acceptors (Lipinski definition) is 5. The minimum absolute atomic E-state index is 0.00936. The minimum Gasteiger partial charge on any atom is -0.481 e. The van der Waals surface area contributed by atoms with E-state index in [1.807, 2.05) is 31.3 Å². The lowest BCUT2D eigenvalue weighted by atomic mass is 10.0. The van der Waals surface area contributed by atoms with E-state index in [0.29, 0.717) is 6.01 Å². The van der Waals surface area contributed by atoms with E-state index in [1.54, 1.807) is 12.4 Å². The molecule has 1 saturated carbocycles. The lowest BCUT2D eigenvalue weighted by molar-refractivity contribution is -0.138. The van der Waals surface area contributed by atoms with Crippen molar-refractivity contribution in [1.29, 1.82) is 0 Å². The van der Waals surface area contributed by atoms with Gasteiger partial charge in [-0.15, -0.1) is 0 Å². The molecule has 0 unspecified atom stereocenters. The van der Waals surface area contributed by atoms with Crippen LogP contribution in [-0.2, 0) is 4.79 Å². The van der Waals surface area contributed by atoms with Gasteiger partial charge in [-0.1, -0.05) is 12.1 Å². The van der Waals surface area contributed by atoms with Crippen molar-refractivity contribution >= 4 is 11.7 Å². The molecule has 1 aliphatic rings. The molecule has 126 valence electrons. The van der Waals surface area contributed by atoms with E-state index in [-0.39, 0.29) is 18.4 Å². The topological polar surface area (TPSA) is 84.3 Å². The maximum atomic E-state index is 10.8. The van der Waals surface area contributed by atoms with E-state index in [1.165, 1.54) is 0 Å². The van der Waals surface area contributed by atoms with Gasteiger partial charge in [0.2, 0.25) is 0 Å². The van der Waals surface area contributed by atoms with Gasteiger partial charge < -0.3 is 15.2 Å². The Kier molecular flexibility index (Phi) is 4.93. The molecule has 2 N–H and O–H groups in total. The molecule has 2 aromatic rings. The van der Waals surface area contributed by atoms with E-state index in [9.17, 15) is 4.79 Å². The van der Waals surface area contributed by atoms with Crippen LogP contribution in [0.1, 0.15) is 25.7 Å². The average molecular weight is 327 g/mol. The van der Waals surface area contributed by atoms with Crippen LogP contribution in [0, 0.1) is 5.92 Å². The zero-order chi connectivity index (χ0) is 16.9. The Labute approximate surface area is 140 Å². The Morgan fingerprint density at radius 1 is 1.21 bits per heavy atom. The van der Waals surface area contributed by atoms with Crippen LogP contribution in [0.5, 0.6) is 6.01 Å². The molecule has 1 fully saturated rings. The number of aromatic nitrogens is 2. The van der Waals surface area contributed by atoms with Gasteiger partial charge in [-0.3, -0.25) is 4.79 Å². The van der Waals surface area contributed by atoms with Gasteiger partial charge in [0, 0.05) is 37.1 Å². The molecule has 0 amide bonds. The number of carboxylic acids is 1.